The molecule has 4 heterocycles. The van der Waals surface area contributed by atoms with Crippen LogP contribution in [0.25, 0.3) is 22.0 Å². The third kappa shape index (κ3) is 3.33. The summed E-state index contributed by atoms with van der Waals surface area (Å²) < 4.78 is 8.77. The van der Waals surface area contributed by atoms with E-state index < -0.39 is 0 Å². The van der Waals surface area contributed by atoms with Crippen molar-refractivity contribution in [2.24, 2.45) is 0 Å². The quantitative estimate of drug-likeness (QED) is 0.510. The third-order valence-corrected chi connectivity index (χ3v) is 4.85. The van der Waals surface area contributed by atoms with E-state index in [2.05, 4.69) is 22.0 Å². The number of hydrogen-bond acceptors (Lipinski definition) is 5. The summed E-state index contributed by atoms with van der Waals surface area (Å²) in [6, 6.07) is 5.34. The molecule has 0 aliphatic rings. The summed E-state index contributed by atoms with van der Waals surface area (Å²) in [6.07, 6.45) is 6.63. The number of furan rings is 1. The summed E-state index contributed by atoms with van der Waals surface area (Å²) in [7, 11) is 0. The molecule has 0 radical (unpaired) electrons. The fraction of sp³-hybridized carbons (Fsp3) is 0.238. The van der Waals surface area contributed by atoms with Crippen LogP contribution >= 0.6 is 0 Å². The van der Waals surface area contributed by atoms with Gasteiger partial charge in [0.15, 0.2) is 5.58 Å². The Kier molecular flexibility index (Phi) is 4.75. The lowest BCUT2D eigenvalue weighted by Gasteiger charge is -2.14. The summed E-state index contributed by atoms with van der Waals surface area (Å²) in [6.45, 7) is 7.77. The lowest BCUT2D eigenvalue weighted by Crippen LogP contribution is -2.35. The number of carbonyl (C=O) groups excluding carboxylic acids is 1. The van der Waals surface area contributed by atoms with Crippen LogP contribution in [0.15, 0.2) is 58.7 Å². The minimum Gasteiger partial charge on any atom is -0.459 e. The summed E-state index contributed by atoms with van der Waals surface area (Å²) in [5.41, 5.74) is 2.46. The number of hydrogen-bond donors (Lipinski definition) is 1. The normalized spacial score (nSPS) is 12.3. The average Bonchev–Trinajstić information content (AvgIpc) is 3.21. The molecule has 1 atom stereocenters. The maximum atomic E-state index is 13.1. The van der Waals surface area contributed by atoms with Gasteiger partial charge >= 0.3 is 0 Å². The van der Waals surface area contributed by atoms with Gasteiger partial charge in [-0.25, -0.2) is 4.68 Å². The molecule has 1 amide bonds. The Hall–Kier alpha value is -3.68. The molecule has 1 N–H and O–H groups in total. The van der Waals surface area contributed by atoms with Crippen LogP contribution in [-0.4, -0.2) is 25.2 Å². The fourth-order valence-electron chi connectivity index (χ4n) is 3.51. The Labute approximate surface area is 166 Å². The number of carbonyl (C=O) groups is 1. The number of pyridine rings is 1. The molecule has 0 aromatic carbocycles. The monoisotopic (exact) mass is 391 g/mol. The van der Waals surface area contributed by atoms with Crippen LogP contribution in [0.2, 0.25) is 0 Å². The van der Waals surface area contributed by atoms with Crippen LogP contribution < -0.4 is 10.9 Å². The summed E-state index contributed by atoms with van der Waals surface area (Å²) in [4.78, 5) is 29.5. The lowest BCUT2D eigenvalue weighted by molar-refractivity contribution is -0.122. The second kappa shape index (κ2) is 7.38. The Balaban J connectivity index is 1.67. The predicted octanol–water partition coefficient (Wildman–Crippen LogP) is 2.71. The van der Waals surface area contributed by atoms with Crippen molar-refractivity contribution in [3.05, 3.63) is 71.1 Å². The maximum absolute atomic E-state index is 13.1. The first-order valence-electron chi connectivity index (χ1n) is 9.28. The second-order valence-electron chi connectivity index (χ2n) is 6.91. The zero-order chi connectivity index (χ0) is 20.5. The van der Waals surface area contributed by atoms with Crippen molar-refractivity contribution >= 4 is 27.9 Å². The van der Waals surface area contributed by atoms with Crippen molar-refractivity contribution < 1.29 is 9.21 Å². The van der Waals surface area contributed by atoms with Crippen LogP contribution in [0.4, 0.5) is 0 Å². The van der Waals surface area contributed by atoms with Crippen LogP contribution in [-0.2, 0) is 17.9 Å². The second-order valence-corrected chi connectivity index (χ2v) is 6.91. The van der Waals surface area contributed by atoms with Crippen LogP contribution in [0.5, 0.6) is 0 Å². The molecule has 8 heteroatoms. The van der Waals surface area contributed by atoms with Crippen LogP contribution in [0.1, 0.15) is 24.3 Å². The van der Waals surface area contributed by atoms with Crippen molar-refractivity contribution in [1.82, 2.24) is 24.6 Å². The Morgan fingerprint density at radius 1 is 1.38 bits per heavy atom. The number of allylic oxidation sites excluding steroid dienone is 1. The minimum atomic E-state index is -0.347. The van der Waals surface area contributed by atoms with E-state index in [1.807, 2.05) is 36.6 Å². The zero-order valence-corrected chi connectivity index (χ0v) is 16.3. The molecule has 8 nitrogen and oxygen atoms in total. The van der Waals surface area contributed by atoms with E-state index in [4.69, 9.17) is 4.42 Å². The van der Waals surface area contributed by atoms with Crippen molar-refractivity contribution in [3.8, 4) is 0 Å². The van der Waals surface area contributed by atoms with Gasteiger partial charge in [-0.15, -0.1) is 6.58 Å². The highest BCUT2D eigenvalue weighted by Gasteiger charge is 2.20. The first-order valence-corrected chi connectivity index (χ1v) is 9.28. The molecule has 0 fully saturated rings. The van der Waals surface area contributed by atoms with Gasteiger partial charge in [0.25, 0.3) is 5.56 Å². The van der Waals surface area contributed by atoms with Crippen LogP contribution in [0, 0.1) is 6.92 Å². The van der Waals surface area contributed by atoms with Gasteiger partial charge in [0.1, 0.15) is 17.8 Å². The summed E-state index contributed by atoms with van der Waals surface area (Å²) in [5.74, 6) is 0.452. The van der Waals surface area contributed by atoms with Crippen molar-refractivity contribution in [3.63, 3.8) is 0 Å². The number of fused-ring (bicyclic) bond motifs is 3. The topological polar surface area (TPSA) is 94.9 Å². The van der Waals surface area contributed by atoms with E-state index in [0.717, 1.165) is 16.8 Å². The van der Waals surface area contributed by atoms with Gasteiger partial charge < -0.3 is 14.3 Å². The molecule has 0 saturated carbocycles. The Bertz CT molecular complexity index is 1270. The van der Waals surface area contributed by atoms with E-state index in [-0.39, 0.29) is 24.1 Å². The van der Waals surface area contributed by atoms with Gasteiger partial charge in [0.2, 0.25) is 5.91 Å². The molecule has 0 saturated heterocycles. The average molecular weight is 391 g/mol. The number of aryl methyl sites for hydroxylation is 1. The molecule has 1 unspecified atom stereocenters. The number of rotatable bonds is 6. The molecule has 0 spiro atoms. The molecule has 29 heavy (non-hydrogen) atoms. The van der Waals surface area contributed by atoms with Gasteiger partial charge in [0, 0.05) is 25.0 Å². The van der Waals surface area contributed by atoms with E-state index in [9.17, 15) is 9.59 Å². The molecule has 4 aromatic rings. The molecule has 4 aromatic heterocycles. The maximum Gasteiger partial charge on any atom is 0.291 e. The Morgan fingerprint density at radius 3 is 2.86 bits per heavy atom. The van der Waals surface area contributed by atoms with Crippen molar-refractivity contribution in [2.45, 2.75) is 33.0 Å². The minimum absolute atomic E-state index is 0.177. The van der Waals surface area contributed by atoms with Gasteiger partial charge in [-0.1, -0.05) is 6.08 Å². The largest absolute Gasteiger partial charge is 0.459 e. The summed E-state index contributed by atoms with van der Waals surface area (Å²) >= 11 is 0. The SMILES string of the molecule is C=CCn1c2cc(C)oc2c2cnn(CC(=O)NC(C)c3ccncc3)c(=O)c21. The molecule has 0 bridgehead atoms. The molecule has 4 rings (SSSR count). The van der Waals surface area contributed by atoms with E-state index in [0.29, 0.717) is 23.0 Å². The Morgan fingerprint density at radius 2 is 2.14 bits per heavy atom. The number of nitrogens with zero attached hydrogens (tertiary/aromatic N) is 4. The number of amides is 1. The number of nitrogens with one attached hydrogen (secondary N) is 1. The third-order valence-electron chi connectivity index (χ3n) is 4.85. The van der Waals surface area contributed by atoms with Gasteiger partial charge in [-0.05, 0) is 31.5 Å². The standard InChI is InChI=1S/C21H21N5O3/c1-4-9-25-17-10-13(2)29-20(17)16-11-23-26(21(28)19(16)25)12-18(27)24-14(3)15-5-7-22-8-6-15/h4-8,10-11,14H,1,9,12H2,2-3H3,(H,24,27). The fourth-order valence-corrected chi connectivity index (χ4v) is 3.51. The van der Waals surface area contributed by atoms with Gasteiger partial charge in [-0.3, -0.25) is 14.6 Å². The number of aromatic nitrogens is 4. The predicted molar refractivity (Wildman–Crippen MR) is 109 cm³/mol. The first kappa shape index (κ1) is 18.7. The smallest absolute Gasteiger partial charge is 0.291 e. The van der Waals surface area contributed by atoms with Crippen LogP contribution in [0.3, 0.4) is 0 Å². The molecular formula is C21H21N5O3. The molecule has 0 aliphatic carbocycles. The highest BCUT2D eigenvalue weighted by Crippen LogP contribution is 2.29. The molecule has 0 aliphatic heterocycles. The van der Waals surface area contributed by atoms with Crippen molar-refractivity contribution in [2.75, 3.05) is 0 Å². The highest BCUT2D eigenvalue weighted by molar-refractivity contribution is 6.04. The molecular weight excluding hydrogens is 370 g/mol. The van der Waals surface area contributed by atoms with Gasteiger partial charge in [-0.2, -0.15) is 5.10 Å². The lowest BCUT2D eigenvalue weighted by atomic mass is 10.1. The van der Waals surface area contributed by atoms with Crippen molar-refractivity contribution in [1.29, 1.82) is 0 Å². The highest BCUT2D eigenvalue weighted by atomic mass is 16.3. The van der Waals surface area contributed by atoms with Gasteiger partial charge in [0.05, 0.1) is 23.1 Å². The first-order chi connectivity index (χ1) is 14.0. The van der Waals surface area contributed by atoms with E-state index in [1.165, 1.54) is 4.68 Å². The zero-order valence-electron chi connectivity index (χ0n) is 16.3. The van der Waals surface area contributed by atoms with E-state index in [1.54, 1.807) is 24.7 Å². The summed E-state index contributed by atoms with van der Waals surface area (Å²) in [5, 5.41) is 7.70. The van der Waals surface area contributed by atoms with E-state index >= 15 is 0 Å². The molecule has 148 valence electrons.